The average molecular weight is 444 g/mol. The molecule has 0 saturated carbocycles. The van der Waals surface area contributed by atoms with Crippen LogP contribution in [0.2, 0.25) is 0 Å². The molecule has 10 heteroatoms. The lowest BCUT2D eigenvalue weighted by molar-refractivity contribution is -0.384. The van der Waals surface area contributed by atoms with Gasteiger partial charge < -0.3 is 15.1 Å². The zero-order valence-electron chi connectivity index (χ0n) is 16.8. The highest BCUT2D eigenvalue weighted by Crippen LogP contribution is 2.36. The number of urea groups is 1. The first-order valence-electron chi connectivity index (χ1n) is 9.88. The Kier molecular flexibility index (Phi) is 5.60. The van der Waals surface area contributed by atoms with Crippen LogP contribution in [0.4, 0.5) is 35.0 Å². The normalized spacial score (nSPS) is 14.5. The van der Waals surface area contributed by atoms with E-state index in [0.717, 1.165) is 22.9 Å². The molecule has 0 radical (unpaired) electrons. The maximum absolute atomic E-state index is 12.9. The van der Waals surface area contributed by atoms with E-state index in [0.29, 0.717) is 11.8 Å². The number of fused-ring (bicyclic) bond motifs is 1. The topological polar surface area (TPSA) is 78.7 Å². The van der Waals surface area contributed by atoms with Crippen LogP contribution >= 0.6 is 0 Å². The molecule has 1 aliphatic heterocycles. The van der Waals surface area contributed by atoms with Gasteiger partial charge in [-0.15, -0.1) is 0 Å². The van der Waals surface area contributed by atoms with Gasteiger partial charge in [-0.05, 0) is 35.0 Å². The van der Waals surface area contributed by atoms with Gasteiger partial charge in [0, 0.05) is 37.9 Å². The molecule has 1 saturated heterocycles. The lowest BCUT2D eigenvalue weighted by Crippen LogP contribution is -2.50. The smallest absolute Gasteiger partial charge is 0.362 e. The quantitative estimate of drug-likeness (QED) is 0.449. The zero-order chi connectivity index (χ0) is 22.9. The predicted molar refractivity (Wildman–Crippen MR) is 115 cm³/mol. The number of anilines is 2. The first-order valence-corrected chi connectivity index (χ1v) is 9.88. The summed E-state index contributed by atoms with van der Waals surface area (Å²) in [5.41, 5.74) is -0.915. The number of hydrogen-bond acceptors (Lipinski definition) is 4. The molecule has 1 aliphatic rings. The summed E-state index contributed by atoms with van der Waals surface area (Å²) in [4.78, 5) is 26.4. The minimum atomic E-state index is -4.66. The third-order valence-electron chi connectivity index (χ3n) is 5.41. The van der Waals surface area contributed by atoms with Crippen molar-refractivity contribution in [2.75, 3.05) is 36.4 Å². The van der Waals surface area contributed by atoms with Gasteiger partial charge in [-0.3, -0.25) is 10.1 Å². The second kappa shape index (κ2) is 8.37. The van der Waals surface area contributed by atoms with E-state index in [9.17, 15) is 28.1 Å². The lowest BCUT2D eigenvalue weighted by atomic mass is 10.1. The molecule has 1 fully saturated rings. The first-order chi connectivity index (χ1) is 15.2. The highest BCUT2D eigenvalue weighted by atomic mass is 19.4. The summed E-state index contributed by atoms with van der Waals surface area (Å²) in [6, 6.07) is 15.5. The third-order valence-corrected chi connectivity index (χ3v) is 5.41. The second-order valence-electron chi connectivity index (χ2n) is 7.42. The van der Waals surface area contributed by atoms with E-state index in [1.54, 1.807) is 9.80 Å². The molecule has 1 N–H and O–H groups in total. The molecule has 3 aromatic rings. The Bertz CT molecular complexity index is 1170. The summed E-state index contributed by atoms with van der Waals surface area (Å²) in [5.74, 6) is 0. The predicted octanol–water partition coefficient (Wildman–Crippen LogP) is 5.12. The molecule has 166 valence electrons. The standard InChI is InChI=1S/C22H19F3N4O3/c23-22(24,25)17-6-8-19(20(14-17)29(31)32)27-9-11-28(12-10-27)21(30)26-18-7-5-15-3-1-2-4-16(15)13-18/h1-8,13-14H,9-12H2,(H,26,30). The number of alkyl halides is 3. The minimum Gasteiger partial charge on any atom is -0.362 e. The fraction of sp³-hybridized carbons (Fsp3) is 0.227. The molecule has 4 rings (SSSR count). The van der Waals surface area contributed by atoms with E-state index in [-0.39, 0.29) is 37.9 Å². The molecule has 0 bridgehead atoms. The third kappa shape index (κ3) is 4.43. The molecule has 1 heterocycles. The van der Waals surface area contributed by atoms with Crippen LogP contribution in [0, 0.1) is 10.1 Å². The Morgan fingerprint density at radius 3 is 2.28 bits per heavy atom. The van der Waals surface area contributed by atoms with Gasteiger partial charge in [-0.1, -0.05) is 30.3 Å². The molecular weight excluding hydrogens is 425 g/mol. The van der Waals surface area contributed by atoms with Gasteiger partial charge in [0.25, 0.3) is 5.69 Å². The van der Waals surface area contributed by atoms with Crippen molar-refractivity contribution in [1.29, 1.82) is 0 Å². The maximum Gasteiger partial charge on any atom is 0.416 e. The molecule has 32 heavy (non-hydrogen) atoms. The van der Waals surface area contributed by atoms with E-state index in [2.05, 4.69) is 5.32 Å². The number of nitrogens with zero attached hydrogens (tertiary/aromatic N) is 3. The number of amides is 2. The Balaban J connectivity index is 1.43. The highest BCUT2D eigenvalue weighted by Gasteiger charge is 2.34. The largest absolute Gasteiger partial charge is 0.416 e. The van der Waals surface area contributed by atoms with E-state index < -0.39 is 22.4 Å². The van der Waals surface area contributed by atoms with Crippen LogP contribution in [-0.4, -0.2) is 42.0 Å². The summed E-state index contributed by atoms with van der Waals surface area (Å²) < 4.78 is 38.8. The number of hydrogen-bond donors (Lipinski definition) is 1. The van der Waals surface area contributed by atoms with Gasteiger partial charge in [-0.2, -0.15) is 13.2 Å². The highest BCUT2D eigenvalue weighted by molar-refractivity contribution is 5.93. The van der Waals surface area contributed by atoms with Crippen LogP contribution in [0.15, 0.2) is 60.7 Å². The van der Waals surface area contributed by atoms with Crippen molar-refractivity contribution in [2.45, 2.75) is 6.18 Å². The number of nitro benzene ring substituents is 1. The van der Waals surface area contributed by atoms with Crippen molar-refractivity contribution < 1.29 is 22.9 Å². The molecule has 0 atom stereocenters. The fourth-order valence-corrected chi connectivity index (χ4v) is 3.73. The number of piperazine rings is 1. The number of nitro groups is 1. The van der Waals surface area contributed by atoms with Crippen molar-refractivity contribution in [3.05, 3.63) is 76.3 Å². The lowest BCUT2D eigenvalue weighted by Gasteiger charge is -2.35. The number of rotatable bonds is 3. The van der Waals surface area contributed by atoms with Crippen LogP contribution in [0.5, 0.6) is 0 Å². The van der Waals surface area contributed by atoms with Crippen molar-refractivity contribution in [3.8, 4) is 0 Å². The molecular formula is C22H19F3N4O3. The number of nitrogens with one attached hydrogen (secondary N) is 1. The monoisotopic (exact) mass is 444 g/mol. The van der Waals surface area contributed by atoms with Crippen LogP contribution < -0.4 is 10.2 Å². The Labute approximate surface area is 181 Å². The van der Waals surface area contributed by atoms with Gasteiger partial charge in [0.05, 0.1) is 10.5 Å². The number of halogens is 3. The molecule has 0 unspecified atom stereocenters. The van der Waals surface area contributed by atoms with Crippen LogP contribution in [0.25, 0.3) is 10.8 Å². The van der Waals surface area contributed by atoms with E-state index in [1.807, 2.05) is 42.5 Å². The van der Waals surface area contributed by atoms with E-state index >= 15 is 0 Å². The van der Waals surface area contributed by atoms with E-state index in [1.165, 1.54) is 0 Å². The second-order valence-corrected chi connectivity index (χ2v) is 7.42. The van der Waals surface area contributed by atoms with Crippen LogP contribution in [-0.2, 0) is 6.18 Å². The average Bonchev–Trinajstić information content (AvgIpc) is 2.78. The minimum absolute atomic E-state index is 0.109. The Morgan fingerprint density at radius 1 is 0.938 bits per heavy atom. The SMILES string of the molecule is O=C(Nc1ccc2ccccc2c1)N1CCN(c2ccc(C(F)(F)F)cc2[N+](=O)[O-])CC1. The molecule has 0 aromatic heterocycles. The Hall–Kier alpha value is -3.82. The summed E-state index contributed by atoms with van der Waals surface area (Å²) in [5, 5.41) is 16.2. The van der Waals surface area contributed by atoms with Gasteiger partial charge in [0.2, 0.25) is 0 Å². The molecule has 2 amide bonds. The molecule has 0 aliphatic carbocycles. The maximum atomic E-state index is 12.9. The number of carbonyl (C=O) groups is 1. The van der Waals surface area contributed by atoms with Gasteiger partial charge >= 0.3 is 12.2 Å². The van der Waals surface area contributed by atoms with Crippen molar-refractivity contribution in [3.63, 3.8) is 0 Å². The zero-order valence-corrected chi connectivity index (χ0v) is 16.8. The fourth-order valence-electron chi connectivity index (χ4n) is 3.73. The molecule has 0 spiro atoms. The van der Waals surface area contributed by atoms with Gasteiger partial charge in [0.1, 0.15) is 5.69 Å². The van der Waals surface area contributed by atoms with Crippen LogP contribution in [0.3, 0.4) is 0 Å². The van der Waals surface area contributed by atoms with Crippen LogP contribution in [0.1, 0.15) is 5.56 Å². The molecule has 7 nitrogen and oxygen atoms in total. The summed E-state index contributed by atoms with van der Waals surface area (Å²) in [7, 11) is 0. The number of carbonyl (C=O) groups excluding carboxylic acids is 1. The molecule has 3 aromatic carbocycles. The van der Waals surface area contributed by atoms with Crippen molar-refractivity contribution in [2.24, 2.45) is 0 Å². The summed E-state index contributed by atoms with van der Waals surface area (Å²) >= 11 is 0. The summed E-state index contributed by atoms with van der Waals surface area (Å²) in [6.07, 6.45) is -4.66. The number of benzene rings is 3. The van der Waals surface area contributed by atoms with Crippen molar-refractivity contribution in [1.82, 2.24) is 4.90 Å². The van der Waals surface area contributed by atoms with Gasteiger partial charge in [-0.25, -0.2) is 4.79 Å². The van der Waals surface area contributed by atoms with Crippen molar-refractivity contribution >= 4 is 33.9 Å². The van der Waals surface area contributed by atoms with E-state index in [4.69, 9.17) is 0 Å². The Morgan fingerprint density at radius 2 is 1.62 bits per heavy atom. The summed E-state index contributed by atoms with van der Waals surface area (Å²) in [6.45, 7) is 1.07. The first kappa shape index (κ1) is 21.4. The van der Waals surface area contributed by atoms with Gasteiger partial charge in [0.15, 0.2) is 0 Å².